The van der Waals surface area contributed by atoms with Crippen molar-refractivity contribution in [1.29, 1.82) is 0 Å². The number of ether oxygens (including phenoxy) is 2. The zero-order chi connectivity index (χ0) is 22.8. The number of esters is 1. The fourth-order valence-electron chi connectivity index (χ4n) is 3.81. The molecule has 0 aliphatic carbocycles. The van der Waals surface area contributed by atoms with Crippen molar-refractivity contribution >= 4 is 17.7 Å². The summed E-state index contributed by atoms with van der Waals surface area (Å²) in [5, 5.41) is 9.87. The van der Waals surface area contributed by atoms with Gasteiger partial charge < -0.3 is 14.6 Å². The number of rotatable bonds is 5. The number of thioether (sulfide) groups is 1. The normalized spacial score (nSPS) is 26.5. The van der Waals surface area contributed by atoms with Gasteiger partial charge in [0.15, 0.2) is 0 Å². The summed E-state index contributed by atoms with van der Waals surface area (Å²) in [5.41, 5.74) is 2.56. The van der Waals surface area contributed by atoms with E-state index in [1.54, 1.807) is 23.9 Å². The number of hydrogen-bond acceptors (Lipinski definition) is 5. The van der Waals surface area contributed by atoms with E-state index in [4.69, 9.17) is 9.47 Å². The number of aliphatic hydroxyl groups excluding tert-OH is 1. The van der Waals surface area contributed by atoms with Crippen LogP contribution in [0.4, 0.5) is 0 Å². The van der Waals surface area contributed by atoms with Gasteiger partial charge >= 0.3 is 5.97 Å². The zero-order valence-electron chi connectivity index (χ0n) is 19.3. The molecule has 1 N–H and O–H groups in total. The Labute approximate surface area is 190 Å². The first kappa shape index (κ1) is 23.8. The van der Waals surface area contributed by atoms with Crippen LogP contribution in [0.1, 0.15) is 56.1 Å². The summed E-state index contributed by atoms with van der Waals surface area (Å²) in [6, 6.07) is 15.6. The van der Waals surface area contributed by atoms with Gasteiger partial charge in [0, 0.05) is 10.8 Å². The van der Waals surface area contributed by atoms with E-state index in [9.17, 15) is 9.90 Å². The van der Waals surface area contributed by atoms with Crippen LogP contribution >= 0.6 is 11.8 Å². The first-order valence-corrected chi connectivity index (χ1v) is 11.8. The van der Waals surface area contributed by atoms with Crippen molar-refractivity contribution in [3.8, 4) is 0 Å². The molecule has 0 amide bonds. The summed E-state index contributed by atoms with van der Waals surface area (Å²) in [5.74, 6) is -0.235. The molecule has 4 nitrogen and oxygen atoms in total. The molecule has 3 rings (SSSR count). The molecule has 0 aromatic heterocycles. The molecule has 5 atom stereocenters. The summed E-state index contributed by atoms with van der Waals surface area (Å²) in [6.45, 7) is 12.7. The van der Waals surface area contributed by atoms with Gasteiger partial charge in [-0.15, -0.1) is 0 Å². The van der Waals surface area contributed by atoms with Crippen molar-refractivity contribution in [3.63, 3.8) is 0 Å². The Morgan fingerprint density at radius 2 is 1.77 bits per heavy atom. The predicted octanol–water partition coefficient (Wildman–Crippen LogP) is 5.60. The number of benzene rings is 2. The lowest BCUT2D eigenvalue weighted by Crippen LogP contribution is -2.50. The average Bonchev–Trinajstić information content (AvgIpc) is 2.74. The van der Waals surface area contributed by atoms with Gasteiger partial charge in [0.05, 0.1) is 18.3 Å². The maximum atomic E-state index is 12.8. The Balaban J connectivity index is 1.90. The fourth-order valence-corrected chi connectivity index (χ4v) is 5.15. The molecule has 1 saturated heterocycles. The van der Waals surface area contributed by atoms with Crippen molar-refractivity contribution in [3.05, 3.63) is 65.2 Å². The molecule has 1 heterocycles. The van der Waals surface area contributed by atoms with E-state index >= 15 is 0 Å². The van der Waals surface area contributed by atoms with Gasteiger partial charge in [-0.1, -0.05) is 76.7 Å². The summed E-state index contributed by atoms with van der Waals surface area (Å²) in [6.07, 6.45) is -0.710. The van der Waals surface area contributed by atoms with Crippen LogP contribution in [0, 0.1) is 18.8 Å². The molecule has 1 fully saturated rings. The lowest BCUT2D eigenvalue weighted by atomic mass is 9.84. The van der Waals surface area contributed by atoms with Gasteiger partial charge in [-0.25, -0.2) is 4.79 Å². The van der Waals surface area contributed by atoms with Gasteiger partial charge in [0.1, 0.15) is 11.5 Å². The molecular formula is C26H34O4S. The Morgan fingerprint density at radius 3 is 2.39 bits per heavy atom. The SMILES string of the molecule is Cc1ccc(C(C)(C)C)cc1S[C@@H]1OC(CO)[C@@H](C)[C@H](C)C1OC(=O)c1ccccc1. The van der Waals surface area contributed by atoms with E-state index in [1.807, 2.05) is 25.1 Å². The molecule has 0 spiro atoms. The third-order valence-corrected chi connectivity index (χ3v) is 7.55. The second kappa shape index (κ2) is 9.76. The predicted molar refractivity (Wildman–Crippen MR) is 125 cm³/mol. The molecule has 5 heteroatoms. The topological polar surface area (TPSA) is 55.8 Å². The highest BCUT2D eigenvalue weighted by atomic mass is 32.2. The minimum absolute atomic E-state index is 0.0328. The quantitative estimate of drug-likeness (QED) is 0.611. The number of carbonyl (C=O) groups excluding carboxylic acids is 1. The Morgan fingerprint density at radius 1 is 1.10 bits per heavy atom. The Bertz CT molecular complexity index is 890. The third kappa shape index (κ3) is 5.51. The van der Waals surface area contributed by atoms with Crippen molar-refractivity contribution in [2.45, 2.75) is 69.5 Å². The number of aryl methyl sites for hydroxylation is 1. The van der Waals surface area contributed by atoms with E-state index in [0.717, 1.165) is 10.5 Å². The zero-order valence-corrected chi connectivity index (χ0v) is 20.1. The first-order chi connectivity index (χ1) is 14.6. The van der Waals surface area contributed by atoms with E-state index in [2.05, 4.69) is 52.8 Å². The van der Waals surface area contributed by atoms with Gasteiger partial charge in [0.2, 0.25) is 0 Å². The van der Waals surface area contributed by atoms with Crippen LogP contribution < -0.4 is 0 Å². The molecule has 2 aromatic carbocycles. The smallest absolute Gasteiger partial charge is 0.338 e. The van der Waals surface area contributed by atoms with E-state index in [-0.39, 0.29) is 35.9 Å². The monoisotopic (exact) mass is 442 g/mol. The van der Waals surface area contributed by atoms with Crippen molar-refractivity contribution < 1.29 is 19.4 Å². The molecule has 2 unspecified atom stereocenters. The van der Waals surface area contributed by atoms with Crippen molar-refractivity contribution in [2.24, 2.45) is 11.8 Å². The summed E-state index contributed by atoms with van der Waals surface area (Å²) in [7, 11) is 0. The molecule has 168 valence electrons. The van der Waals surface area contributed by atoms with Crippen LogP contribution in [0.25, 0.3) is 0 Å². The van der Waals surface area contributed by atoms with Crippen LogP contribution in [-0.2, 0) is 14.9 Å². The molecule has 0 radical (unpaired) electrons. The fraction of sp³-hybridized carbons (Fsp3) is 0.500. The van der Waals surface area contributed by atoms with Crippen LogP contribution in [0.15, 0.2) is 53.4 Å². The van der Waals surface area contributed by atoms with Gasteiger partial charge in [0.25, 0.3) is 0 Å². The largest absolute Gasteiger partial charge is 0.455 e. The van der Waals surface area contributed by atoms with Crippen LogP contribution in [0.2, 0.25) is 0 Å². The standard InChI is InChI=1S/C26H34O4S/c1-16-12-13-20(26(4,5)6)14-22(16)31-25-23(18(3)17(2)21(15-27)29-25)30-24(28)19-10-8-7-9-11-19/h7-14,17-18,21,23,25,27H,15H2,1-6H3/t17-,18-,21?,23?,25-/m0/s1. The third-order valence-electron chi connectivity index (χ3n) is 6.24. The lowest BCUT2D eigenvalue weighted by Gasteiger charge is -2.43. The lowest BCUT2D eigenvalue weighted by molar-refractivity contribution is -0.148. The van der Waals surface area contributed by atoms with Gasteiger partial charge in [-0.05, 0) is 47.6 Å². The average molecular weight is 443 g/mol. The van der Waals surface area contributed by atoms with Crippen molar-refractivity contribution in [2.75, 3.05) is 6.61 Å². The molecule has 2 aromatic rings. The number of aliphatic hydroxyl groups is 1. The van der Waals surface area contributed by atoms with E-state index < -0.39 is 11.5 Å². The molecule has 0 bridgehead atoms. The second-order valence-corrected chi connectivity index (χ2v) is 10.7. The van der Waals surface area contributed by atoms with E-state index in [0.29, 0.717) is 5.56 Å². The van der Waals surface area contributed by atoms with Gasteiger partial charge in [-0.2, -0.15) is 0 Å². The molecular weight excluding hydrogens is 408 g/mol. The second-order valence-electron chi connectivity index (χ2n) is 9.53. The number of carbonyl (C=O) groups is 1. The van der Waals surface area contributed by atoms with Crippen LogP contribution in [0.5, 0.6) is 0 Å². The Hall–Kier alpha value is -1.82. The van der Waals surface area contributed by atoms with Gasteiger partial charge in [-0.3, -0.25) is 0 Å². The van der Waals surface area contributed by atoms with Crippen molar-refractivity contribution in [1.82, 2.24) is 0 Å². The minimum atomic E-state index is -0.423. The Kier molecular flexibility index (Phi) is 7.51. The minimum Gasteiger partial charge on any atom is -0.455 e. The molecule has 31 heavy (non-hydrogen) atoms. The van der Waals surface area contributed by atoms with Crippen LogP contribution in [-0.4, -0.2) is 35.3 Å². The summed E-state index contributed by atoms with van der Waals surface area (Å²) < 4.78 is 12.3. The first-order valence-electron chi connectivity index (χ1n) is 10.9. The highest BCUT2D eigenvalue weighted by Crippen LogP contribution is 2.41. The number of hydrogen-bond donors (Lipinski definition) is 1. The van der Waals surface area contributed by atoms with E-state index in [1.165, 1.54) is 5.56 Å². The maximum Gasteiger partial charge on any atom is 0.338 e. The molecule has 1 aliphatic rings. The maximum absolute atomic E-state index is 12.8. The molecule has 1 aliphatic heterocycles. The summed E-state index contributed by atoms with van der Waals surface area (Å²) in [4.78, 5) is 13.9. The highest BCUT2D eigenvalue weighted by molar-refractivity contribution is 7.99. The van der Waals surface area contributed by atoms with Crippen LogP contribution in [0.3, 0.4) is 0 Å². The highest BCUT2D eigenvalue weighted by Gasteiger charge is 2.44. The molecule has 0 saturated carbocycles. The summed E-state index contributed by atoms with van der Waals surface area (Å²) >= 11 is 1.58.